The van der Waals surface area contributed by atoms with Gasteiger partial charge < -0.3 is 4.74 Å². The smallest absolute Gasteiger partial charge is 0.493 e. The van der Waals surface area contributed by atoms with Crippen LogP contribution in [0.1, 0.15) is 17.8 Å². The number of halogens is 4. The number of nitrogens with zero attached hydrogens (tertiary/aromatic N) is 4. The summed E-state index contributed by atoms with van der Waals surface area (Å²) in [4.78, 5) is 13.8. The molecule has 0 fully saturated rings. The fourth-order valence-electron chi connectivity index (χ4n) is 3.24. The first kappa shape index (κ1) is 21.3. The molecule has 6 nitrogen and oxygen atoms in total. The summed E-state index contributed by atoms with van der Waals surface area (Å²) < 4.78 is 47.4. The third kappa shape index (κ3) is 4.57. The minimum Gasteiger partial charge on any atom is -0.493 e. The highest BCUT2D eigenvalue weighted by Gasteiger charge is 2.28. The number of aromatic nitrogens is 4. The topological polar surface area (TPSA) is 61.5 Å². The largest absolute Gasteiger partial charge is 0.522 e. The summed E-state index contributed by atoms with van der Waals surface area (Å²) in [5.41, 5.74) is 4.42. The molecular weight excluding hydrogens is 433 g/mol. The van der Waals surface area contributed by atoms with Gasteiger partial charge in [0, 0.05) is 17.7 Å². The van der Waals surface area contributed by atoms with Crippen molar-refractivity contribution in [3.63, 3.8) is 0 Å². The molecule has 0 amide bonds. The molecule has 162 valence electrons. The summed E-state index contributed by atoms with van der Waals surface area (Å²) >= 11 is 6.45. The van der Waals surface area contributed by atoms with E-state index in [4.69, 9.17) is 16.3 Å². The van der Waals surface area contributed by atoms with Crippen molar-refractivity contribution in [1.82, 2.24) is 19.4 Å². The van der Waals surface area contributed by atoms with Crippen molar-refractivity contribution >= 4 is 28.3 Å². The lowest BCUT2D eigenvalue weighted by molar-refractivity contribution is -0.324. The first-order valence-corrected chi connectivity index (χ1v) is 9.85. The van der Waals surface area contributed by atoms with Crippen LogP contribution in [-0.4, -0.2) is 38.9 Å². The summed E-state index contributed by atoms with van der Waals surface area (Å²) in [6.45, 7) is 3.38. The normalized spacial score (nSPS) is 12.1. The molecule has 3 aromatic heterocycles. The number of pyridine rings is 1. The van der Waals surface area contributed by atoms with Gasteiger partial charge in [-0.25, -0.2) is 15.0 Å². The van der Waals surface area contributed by atoms with E-state index < -0.39 is 13.0 Å². The van der Waals surface area contributed by atoms with Crippen molar-refractivity contribution in [2.45, 2.75) is 26.6 Å². The quantitative estimate of drug-likeness (QED) is 0.362. The predicted octanol–water partition coefficient (Wildman–Crippen LogP) is 5.52. The molecule has 1 aromatic carbocycles. The fourth-order valence-corrected chi connectivity index (χ4v) is 3.44. The van der Waals surface area contributed by atoms with Gasteiger partial charge in [0.05, 0.1) is 35.6 Å². The van der Waals surface area contributed by atoms with Crippen molar-refractivity contribution in [3.05, 3.63) is 52.9 Å². The van der Waals surface area contributed by atoms with E-state index >= 15 is 0 Å². The van der Waals surface area contributed by atoms with E-state index in [2.05, 4.69) is 19.7 Å². The molecule has 0 unspecified atom stereocenters. The Bertz CT molecular complexity index is 1260. The number of imidazole rings is 1. The number of ether oxygens (including phenoxy) is 2. The third-order valence-corrected chi connectivity index (χ3v) is 4.96. The van der Waals surface area contributed by atoms with Crippen LogP contribution < -0.4 is 4.74 Å². The summed E-state index contributed by atoms with van der Waals surface area (Å²) in [6.07, 6.45) is -2.85. The highest BCUT2D eigenvalue weighted by atomic mass is 35.5. The zero-order chi connectivity index (χ0) is 22.2. The average Bonchev–Trinajstić information content (AvgIpc) is 3.15. The minimum absolute atomic E-state index is 0.0617. The van der Waals surface area contributed by atoms with Crippen molar-refractivity contribution < 1.29 is 22.6 Å². The Morgan fingerprint density at radius 3 is 2.65 bits per heavy atom. The van der Waals surface area contributed by atoms with Crippen LogP contribution in [0, 0.1) is 13.8 Å². The van der Waals surface area contributed by atoms with Gasteiger partial charge >= 0.3 is 6.36 Å². The van der Waals surface area contributed by atoms with Crippen LogP contribution in [0.3, 0.4) is 0 Å². The second-order valence-electron chi connectivity index (χ2n) is 6.93. The van der Waals surface area contributed by atoms with Gasteiger partial charge in [0.15, 0.2) is 5.65 Å². The highest BCUT2D eigenvalue weighted by Crippen LogP contribution is 2.33. The third-order valence-electron chi connectivity index (χ3n) is 4.63. The Morgan fingerprint density at radius 2 is 1.87 bits per heavy atom. The zero-order valence-corrected chi connectivity index (χ0v) is 17.5. The van der Waals surface area contributed by atoms with Gasteiger partial charge in [0.1, 0.15) is 17.1 Å². The molecule has 0 aliphatic carbocycles. The van der Waals surface area contributed by atoms with E-state index in [0.29, 0.717) is 27.8 Å². The Hall–Kier alpha value is -2.91. The van der Waals surface area contributed by atoms with Gasteiger partial charge in [0.25, 0.3) is 0 Å². The molecule has 0 radical (unpaired) electrons. The molecule has 0 bridgehead atoms. The van der Waals surface area contributed by atoms with Crippen molar-refractivity contribution in [2.75, 3.05) is 13.2 Å². The summed E-state index contributed by atoms with van der Waals surface area (Å²) in [7, 11) is 0. The van der Waals surface area contributed by atoms with E-state index in [9.17, 15) is 13.2 Å². The maximum absolute atomic E-state index is 12.1. The molecule has 0 spiro atoms. The zero-order valence-electron chi connectivity index (χ0n) is 16.7. The summed E-state index contributed by atoms with van der Waals surface area (Å²) in [5.74, 6) is 1.03. The van der Waals surface area contributed by atoms with Crippen LogP contribution >= 0.6 is 11.6 Å². The number of alkyl halides is 3. The SMILES string of the molecule is Cc1ccc2nc(C)c3cnc(-c4cc(OCCCOC(F)(F)F)ccc4Cl)n3c2n1. The molecule has 31 heavy (non-hydrogen) atoms. The minimum atomic E-state index is -4.64. The standard InChI is InChI=1S/C21H18ClF3N4O2/c1-12-4-7-17-20(27-12)29-18(13(2)28-17)11-26-19(29)15-10-14(5-6-16(15)22)30-8-3-9-31-21(23,24)25/h4-7,10-11H,3,8-9H2,1-2H3. The maximum atomic E-state index is 12.1. The molecule has 0 aliphatic rings. The molecule has 0 aliphatic heterocycles. The maximum Gasteiger partial charge on any atom is 0.522 e. The van der Waals surface area contributed by atoms with Crippen LogP contribution in [0.4, 0.5) is 13.2 Å². The molecule has 10 heteroatoms. The van der Waals surface area contributed by atoms with Crippen LogP contribution in [0.25, 0.3) is 28.1 Å². The number of rotatable bonds is 6. The van der Waals surface area contributed by atoms with Gasteiger partial charge in [-0.15, -0.1) is 13.2 Å². The molecule has 0 N–H and O–H groups in total. The van der Waals surface area contributed by atoms with Crippen molar-refractivity contribution in [1.29, 1.82) is 0 Å². The summed E-state index contributed by atoms with van der Waals surface area (Å²) in [5, 5.41) is 0.454. The Balaban J connectivity index is 1.67. The second kappa shape index (κ2) is 8.32. The van der Waals surface area contributed by atoms with E-state index in [1.165, 1.54) is 0 Å². The van der Waals surface area contributed by atoms with Crippen LogP contribution in [0.5, 0.6) is 5.75 Å². The van der Waals surface area contributed by atoms with Gasteiger partial charge in [-0.05, 0) is 44.2 Å². The highest BCUT2D eigenvalue weighted by molar-refractivity contribution is 6.33. The number of hydrogen-bond acceptors (Lipinski definition) is 5. The number of hydrogen-bond donors (Lipinski definition) is 0. The number of aryl methyl sites for hydroxylation is 2. The lowest BCUT2D eigenvalue weighted by Gasteiger charge is -2.12. The molecular formula is C21H18ClF3N4O2. The molecule has 0 saturated heterocycles. The van der Waals surface area contributed by atoms with Gasteiger partial charge in [-0.2, -0.15) is 0 Å². The Labute approximate surface area is 180 Å². The second-order valence-corrected chi connectivity index (χ2v) is 7.34. The lowest BCUT2D eigenvalue weighted by Crippen LogP contribution is -2.15. The van der Waals surface area contributed by atoms with Gasteiger partial charge in [0.2, 0.25) is 0 Å². The Kier molecular flexibility index (Phi) is 5.72. The summed E-state index contributed by atoms with van der Waals surface area (Å²) in [6, 6.07) is 8.81. The van der Waals surface area contributed by atoms with Crippen LogP contribution in [0.15, 0.2) is 36.5 Å². The van der Waals surface area contributed by atoms with E-state index in [0.717, 1.165) is 22.4 Å². The van der Waals surface area contributed by atoms with Crippen molar-refractivity contribution in [3.8, 4) is 17.1 Å². The fraction of sp³-hybridized carbons (Fsp3) is 0.286. The van der Waals surface area contributed by atoms with E-state index in [-0.39, 0.29) is 13.0 Å². The molecule has 0 saturated carbocycles. The van der Waals surface area contributed by atoms with Crippen LogP contribution in [-0.2, 0) is 4.74 Å². The Morgan fingerprint density at radius 1 is 1.06 bits per heavy atom. The molecule has 0 atom stereocenters. The van der Waals surface area contributed by atoms with Gasteiger partial charge in [-0.3, -0.25) is 9.14 Å². The monoisotopic (exact) mass is 450 g/mol. The van der Waals surface area contributed by atoms with E-state index in [1.54, 1.807) is 24.4 Å². The predicted molar refractivity (Wildman–Crippen MR) is 110 cm³/mol. The molecule has 3 heterocycles. The first-order chi connectivity index (χ1) is 14.7. The molecule has 4 aromatic rings. The first-order valence-electron chi connectivity index (χ1n) is 9.48. The van der Waals surface area contributed by atoms with Crippen LogP contribution in [0.2, 0.25) is 5.02 Å². The van der Waals surface area contributed by atoms with E-state index in [1.807, 2.05) is 30.4 Å². The average molecular weight is 451 g/mol. The molecule has 4 rings (SSSR count). The lowest BCUT2D eigenvalue weighted by atomic mass is 10.2. The van der Waals surface area contributed by atoms with Crippen molar-refractivity contribution in [2.24, 2.45) is 0 Å². The van der Waals surface area contributed by atoms with Gasteiger partial charge in [-0.1, -0.05) is 11.6 Å². The number of benzene rings is 1. The number of fused-ring (bicyclic) bond motifs is 3.